The molecule has 0 atom stereocenters. The average Bonchev–Trinajstić information content (AvgIpc) is 2.75. The van der Waals surface area contributed by atoms with Crippen LogP contribution in [0.4, 0.5) is 0 Å². The molecular weight excluding hydrogens is 368 g/mol. The fourth-order valence-corrected chi connectivity index (χ4v) is 3.30. The summed E-state index contributed by atoms with van der Waals surface area (Å²) in [6.07, 6.45) is 15.4. The summed E-state index contributed by atoms with van der Waals surface area (Å²) in [6, 6.07) is 4.67. The van der Waals surface area contributed by atoms with Crippen LogP contribution in [0, 0.1) is 0 Å². The van der Waals surface area contributed by atoms with E-state index in [1.807, 2.05) is 0 Å². The Bertz CT molecular complexity index is 597. The number of ether oxygens (including phenoxy) is 3. The Kier molecular flexibility index (Phi) is 13.6. The minimum absolute atomic E-state index is 0.245. The highest BCUT2D eigenvalue weighted by atomic mass is 16.5. The Morgan fingerprint density at radius 1 is 0.724 bits per heavy atom. The molecule has 0 radical (unpaired) electrons. The van der Waals surface area contributed by atoms with Gasteiger partial charge in [-0.05, 0) is 24.6 Å². The van der Waals surface area contributed by atoms with Gasteiger partial charge in [-0.25, -0.2) is 9.59 Å². The lowest BCUT2D eigenvalue weighted by Crippen LogP contribution is -2.09. The summed E-state index contributed by atoms with van der Waals surface area (Å²) in [6.45, 7) is 2.79. The van der Waals surface area contributed by atoms with Crippen LogP contribution in [0.3, 0.4) is 0 Å². The molecule has 0 unspecified atom stereocenters. The van der Waals surface area contributed by atoms with Crippen molar-refractivity contribution in [3.8, 4) is 5.75 Å². The average molecular weight is 407 g/mol. The number of methoxy groups -OCH3 is 2. The van der Waals surface area contributed by atoms with Crippen molar-refractivity contribution in [2.45, 2.75) is 84.0 Å². The molecule has 0 heterocycles. The van der Waals surface area contributed by atoms with Gasteiger partial charge in [-0.3, -0.25) is 0 Å². The smallest absolute Gasteiger partial charge is 0.341 e. The van der Waals surface area contributed by atoms with Gasteiger partial charge in [0.25, 0.3) is 0 Å². The van der Waals surface area contributed by atoms with Crippen molar-refractivity contribution in [3.05, 3.63) is 29.3 Å². The molecule has 0 aliphatic heterocycles. The predicted molar refractivity (Wildman–Crippen MR) is 116 cm³/mol. The van der Waals surface area contributed by atoms with Crippen LogP contribution in [0.15, 0.2) is 18.2 Å². The molecule has 0 aliphatic carbocycles. The van der Waals surface area contributed by atoms with Crippen molar-refractivity contribution >= 4 is 11.9 Å². The summed E-state index contributed by atoms with van der Waals surface area (Å²) in [4.78, 5) is 23.6. The second-order valence-electron chi connectivity index (χ2n) is 7.43. The highest BCUT2D eigenvalue weighted by molar-refractivity contribution is 5.97. The second-order valence-corrected chi connectivity index (χ2v) is 7.43. The van der Waals surface area contributed by atoms with Crippen LogP contribution in [-0.2, 0) is 9.47 Å². The third-order valence-corrected chi connectivity index (χ3v) is 5.06. The van der Waals surface area contributed by atoms with Crippen molar-refractivity contribution < 1.29 is 23.8 Å². The maximum absolute atomic E-state index is 12.0. The van der Waals surface area contributed by atoms with Crippen LogP contribution in [0.2, 0.25) is 0 Å². The summed E-state index contributed by atoms with van der Waals surface area (Å²) < 4.78 is 15.3. The molecule has 0 N–H and O–H groups in total. The molecule has 0 saturated carbocycles. The summed E-state index contributed by atoms with van der Waals surface area (Å²) in [5.41, 5.74) is 0.542. The van der Waals surface area contributed by atoms with E-state index in [0.29, 0.717) is 17.9 Å². The van der Waals surface area contributed by atoms with Gasteiger partial charge in [0.1, 0.15) is 11.3 Å². The van der Waals surface area contributed by atoms with E-state index in [4.69, 9.17) is 14.2 Å². The summed E-state index contributed by atoms with van der Waals surface area (Å²) in [5.74, 6) is -0.587. The summed E-state index contributed by atoms with van der Waals surface area (Å²) in [7, 11) is 2.61. The zero-order chi connectivity index (χ0) is 21.3. The monoisotopic (exact) mass is 406 g/mol. The third kappa shape index (κ3) is 10.3. The molecule has 0 fully saturated rings. The van der Waals surface area contributed by atoms with Crippen LogP contribution < -0.4 is 4.74 Å². The van der Waals surface area contributed by atoms with Gasteiger partial charge in [0.2, 0.25) is 0 Å². The third-order valence-electron chi connectivity index (χ3n) is 5.06. The van der Waals surface area contributed by atoms with E-state index in [-0.39, 0.29) is 5.56 Å². The fourth-order valence-electron chi connectivity index (χ4n) is 3.30. The lowest BCUT2D eigenvalue weighted by molar-refractivity contribution is 0.0595. The van der Waals surface area contributed by atoms with Crippen LogP contribution in [0.25, 0.3) is 0 Å². The number of benzene rings is 1. The minimum atomic E-state index is -0.527. The van der Waals surface area contributed by atoms with Crippen molar-refractivity contribution in [1.82, 2.24) is 0 Å². The molecule has 164 valence electrons. The number of hydrogen-bond acceptors (Lipinski definition) is 5. The van der Waals surface area contributed by atoms with E-state index < -0.39 is 11.9 Å². The van der Waals surface area contributed by atoms with Crippen molar-refractivity contribution in [2.75, 3.05) is 20.8 Å². The first kappa shape index (κ1) is 25.0. The standard InChI is InChI=1S/C24H38O5/c1-4-5-6-7-8-9-10-11-12-13-14-15-18-29-22-17-16-20(23(25)27-2)19-21(22)24(26)28-3/h16-17,19H,4-15,18H2,1-3H3. The van der Waals surface area contributed by atoms with E-state index >= 15 is 0 Å². The molecule has 0 bridgehead atoms. The zero-order valence-corrected chi connectivity index (χ0v) is 18.5. The van der Waals surface area contributed by atoms with Gasteiger partial charge < -0.3 is 14.2 Å². The largest absolute Gasteiger partial charge is 0.493 e. The van der Waals surface area contributed by atoms with E-state index in [1.165, 1.54) is 84.5 Å². The van der Waals surface area contributed by atoms with Gasteiger partial charge in [0.15, 0.2) is 0 Å². The first-order chi connectivity index (χ1) is 14.1. The summed E-state index contributed by atoms with van der Waals surface area (Å²) >= 11 is 0. The molecule has 1 aromatic carbocycles. The number of unbranched alkanes of at least 4 members (excludes halogenated alkanes) is 11. The van der Waals surface area contributed by atoms with Gasteiger partial charge >= 0.3 is 11.9 Å². The Labute approximate surface area is 176 Å². The lowest BCUT2D eigenvalue weighted by Gasteiger charge is -2.11. The number of rotatable bonds is 16. The molecule has 0 saturated heterocycles. The Morgan fingerprint density at radius 3 is 1.76 bits per heavy atom. The first-order valence-corrected chi connectivity index (χ1v) is 11.1. The number of carbonyl (C=O) groups is 2. The summed E-state index contributed by atoms with van der Waals surface area (Å²) in [5, 5.41) is 0. The van der Waals surface area contributed by atoms with Crippen molar-refractivity contribution in [2.24, 2.45) is 0 Å². The fraction of sp³-hybridized carbons (Fsp3) is 0.667. The number of hydrogen-bond donors (Lipinski definition) is 0. The molecule has 5 nitrogen and oxygen atoms in total. The van der Waals surface area contributed by atoms with Crippen molar-refractivity contribution in [1.29, 1.82) is 0 Å². The van der Waals surface area contributed by atoms with E-state index in [1.54, 1.807) is 12.1 Å². The second kappa shape index (κ2) is 15.8. The molecule has 1 aromatic rings. The molecule has 0 aromatic heterocycles. The molecule has 0 spiro atoms. The topological polar surface area (TPSA) is 61.8 Å². The number of carbonyl (C=O) groups excluding carboxylic acids is 2. The van der Waals surface area contributed by atoms with Gasteiger partial charge in [-0.1, -0.05) is 77.6 Å². The number of esters is 2. The Balaban J connectivity index is 2.22. The van der Waals surface area contributed by atoms with Crippen LogP contribution in [0.1, 0.15) is 105 Å². The molecule has 0 amide bonds. The van der Waals surface area contributed by atoms with E-state index in [2.05, 4.69) is 6.92 Å². The van der Waals surface area contributed by atoms with Crippen LogP contribution in [0.5, 0.6) is 5.75 Å². The maximum atomic E-state index is 12.0. The quantitative estimate of drug-likeness (QED) is 0.237. The highest BCUT2D eigenvalue weighted by Gasteiger charge is 2.17. The first-order valence-electron chi connectivity index (χ1n) is 11.1. The van der Waals surface area contributed by atoms with Gasteiger partial charge in [-0.2, -0.15) is 0 Å². The van der Waals surface area contributed by atoms with Gasteiger partial charge in [0.05, 0.1) is 26.4 Å². The van der Waals surface area contributed by atoms with Gasteiger partial charge in [0, 0.05) is 0 Å². The van der Waals surface area contributed by atoms with E-state index in [9.17, 15) is 9.59 Å². The molecule has 29 heavy (non-hydrogen) atoms. The molecular formula is C24H38O5. The van der Waals surface area contributed by atoms with Gasteiger partial charge in [-0.15, -0.1) is 0 Å². The normalized spacial score (nSPS) is 10.6. The molecule has 0 aliphatic rings. The SMILES string of the molecule is CCCCCCCCCCCCCCOc1ccc(C(=O)OC)cc1C(=O)OC. The molecule has 5 heteroatoms. The van der Waals surface area contributed by atoms with Crippen molar-refractivity contribution in [3.63, 3.8) is 0 Å². The lowest BCUT2D eigenvalue weighted by atomic mass is 10.1. The minimum Gasteiger partial charge on any atom is -0.493 e. The van der Waals surface area contributed by atoms with Crippen LogP contribution in [-0.4, -0.2) is 32.8 Å². The Hall–Kier alpha value is -2.04. The predicted octanol–water partition coefficient (Wildman–Crippen LogP) is 6.34. The zero-order valence-electron chi connectivity index (χ0n) is 18.5. The van der Waals surface area contributed by atoms with E-state index in [0.717, 1.165) is 12.8 Å². The van der Waals surface area contributed by atoms with Crippen LogP contribution >= 0.6 is 0 Å². The highest BCUT2D eigenvalue weighted by Crippen LogP contribution is 2.22. The maximum Gasteiger partial charge on any atom is 0.341 e. The molecule has 1 rings (SSSR count). The Morgan fingerprint density at radius 2 is 1.24 bits per heavy atom.